The van der Waals surface area contributed by atoms with Crippen molar-refractivity contribution in [3.8, 4) is 0 Å². The van der Waals surface area contributed by atoms with Crippen molar-refractivity contribution >= 4 is 30.7 Å². The number of rotatable bonds is 0. The molecule has 4 heteroatoms. The number of nitrogens with one attached hydrogen (secondary N) is 1. The van der Waals surface area contributed by atoms with Crippen molar-refractivity contribution in [3.05, 3.63) is 12.2 Å². The Bertz CT molecular complexity index is 136. The van der Waals surface area contributed by atoms with Gasteiger partial charge in [-0.1, -0.05) is 0 Å². The Morgan fingerprint density at radius 3 is 1.62 bits per heavy atom. The summed E-state index contributed by atoms with van der Waals surface area (Å²) in [6.45, 7) is 0. The molecular formula is C4H4LiNO2. The van der Waals surface area contributed by atoms with Crippen LogP contribution >= 0.6 is 0 Å². The molecule has 8 heavy (non-hydrogen) atoms. The van der Waals surface area contributed by atoms with Crippen molar-refractivity contribution < 1.29 is 9.59 Å². The van der Waals surface area contributed by atoms with Crippen LogP contribution in [0.3, 0.4) is 0 Å². The third-order valence-corrected chi connectivity index (χ3v) is 0.632. The fraction of sp³-hybridized carbons (Fsp3) is 0. The van der Waals surface area contributed by atoms with Crippen molar-refractivity contribution in [2.75, 3.05) is 0 Å². The molecule has 0 aromatic carbocycles. The van der Waals surface area contributed by atoms with Crippen LogP contribution in [0.5, 0.6) is 0 Å². The second-order valence-corrected chi connectivity index (χ2v) is 1.19. The minimum absolute atomic E-state index is 0. The zero-order chi connectivity index (χ0) is 5.28. The topological polar surface area (TPSA) is 46.2 Å². The summed E-state index contributed by atoms with van der Waals surface area (Å²) in [5, 5.41) is 2.03. The van der Waals surface area contributed by atoms with Crippen molar-refractivity contribution in [2.45, 2.75) is 0 Å². The van der Waals surface area contributed by atoms with Gasteiger partial charge in [0.05, 0.1) is 0 Å². The van der Waals surface area contributed by atoms with Crippen LogP contribution in [-0.2, 0) is 9.59 Å². The summed E-state index contributed by atoms with van der Waals surface area (Å²) in [6.07, 6.45) is 2.39. The van der Waals surface area contributed by atoms with Crippen LogP contribution in [0.2, 0.25) is 0 Å². The molecule has 1 aliphatic rings. The summed E-state index contributed by atoms with van der Waals surface area (Å²) in [4.78, 5) is 20.1. The molecule has 1 rings (SSSR count). The van der Waals surface area contributed by atoms with Gasteiger partial charge in [-0.2, -0.15) is 0 Å². The van der Waals surface area contributed by atoms with Gasteiger partial charge < -0.3 is 0 Å². The summed E-state index contributed by atoms with van der Waals surface area (Å²) in [7, 11) is 0. The molecular weight excluding hydrogens is 101 g/mol. The molecule has 3 nitrogen and oxygen atoms in total. The molecule has 0 unspecified atom stereocenters. The van der Waals surface area contributed by atoms with E-state index in [1.807, 2.05) is 5.32 Å². The molecule has 0 saturated carbocycles. The van der Waals surface area contributed by atoms with Gasteiger partial charge in [-0.25, -0.2) is 0 Å². The zero-order valence-corrected chi connectivity index (χ0v) is 3.47. The first-order valence-corrected chi connectivity index (χ1v) is 1.82. The first-order chi connectivity index (χ1) is 3.29. The summed E-state index contributed by atoms with van der Waals surface area (Å²) in [5.74, 6) is -0.657. The summed E-state index contributed by atoms with van der Waals surface area (Å²) < 4.78 is 0. The first kappa shape index (κ1) is 7.48. The molecule has 1 heterocycles. The monoisotopic (exact) mass is 105 g/mol. The second kappa shape index (κ2) is 2.70. The number of imide groups is 1. The van der Waals surface area contributed by atoms with Crippen LogP contribution in [0, 0.1) is 0 Å². The van der Waals surface area contributed by atoms with E-state index in [1.165, 1.54) is 12.2 Å². The summed E-state index contributed by atoms with van der Waals surface area (Å²) >= 11 is 0. The van der Waals surface area contributed by atoms with E-state index in [0.29, 0.717) is 0 Å². The molecule has 2 amide bonds. The number of hydrogen-bond donors (Lipinski definition) is 1. The third-order valence-electron chi connectivity index (χ3n) is 0.632. The standard InChI is InChI=1S/C4H3NO2.Li.H/c6-3-1-2-4(7)5-3;;/h1-2H,(H,5,6,7);;. The van der Waals surface area contributed by atoms with Crippen molar-refractivity contribution in [2.24, 2.45) is 0 Å². The zero-order valence-electron chi connectivity index (χ0n) is 3.47. The van der Waals surface area contributed by atoms with E-state index < -0.39 is 0 Å². The fourth-order valence-electron chi connectivity index (χ4n) is 0.356. The molecule has 0 aliphatic carbocycles. The van der Waals surface area contributed by atoms with Crippen molar-refractivity contribution in [1.82, 2.24) is 5.32 Å². The summed E-state index contributed by atoms with van der Waals surface area (Å²) in [5.41, 5.74) is 0. The number of carbonyl (C=O) groups excluding carboxylic acids is 2. The fourth-order valence-corrected chi connectivity index (χ4v) is 0.356. The Kier molecular flexibility index (Phi) is 2.53. The molecule has 0 aromatic heterocycles. The number of hydrogen-bond acceptors (Lipinski definition) is 2. The van der Waals surface area contributed by atoms with Gasteiger partial charge in [0.15, 0.2) is 0 Å². The second-order valence-electron chi connectivity index (χ2n) is 1.19. The average molecular weight is 105 g/mol. The molecule has 0 saturated heterocycles. The third kappa shape index (κ3) is 1.53. The first-order valence-electron chi connectivity index (χ1n) is 1.82. The van der Waals surface area contributed by atoms with Crippen LogP contribution < -0.4 is 5.32 Å². The average Bonchev–Trinajstić information content (AvgIpc) is 1.87. The molecule has 1 N–H and O–H groups in total. The normalized spacial score (nSPS) is 15.5. The van der Waals surface area contributed by atoms with E-state index in [2.05, 4.69) is 0 Å². The Labute approximate surface area is 58.3 Å². The van der Waals surface area contributed by atoms with E-state index in [4.69, 9.17) is 0 Å². The molecule has 0 radical (unpaired) electrons. The van der Waals surface area contributed by atoms with E-state index >= 15 is 0 Å². The van der Waals surface area contributed by atoms with Crippen molar-refractivity contribution in [3.63, 3.8) is 0 Å². The van der Waals surface area contributed by atoms with Gasteiger partial charge >= 0.3 is 18.9 Å². The molecule has 0 spiro atoms. The van der Waals surface area contributed by atoms with Gasteiger partial charge in [-0.3, -0.25) is 14.9 Å². The van der Waals surface area contributed by atoms with Crippen LogP contribution in [0.15, 0.2) is 12.2 Å². The molecule has 0 bridgehead atoms. The minimum atomic E-state index is -0.329. The van der Waals surface area contributed by atoms with E-state index in [-0.39, 0.29) is 30.7 Å². The Morgan fingerprint density at radius 2 is 1.50 bits per heavy atom. The van der Waals surface area contributed by atoms with Crippen LogP contribution in [0.4, 0.5) is 0 Å². The maximum atomic E-state index is 10.0. The molecule has 0 aromatic rings. The van der Waals surface area contributed by atoms with Gasteiger partial charge in [-0.15, -0.1) is 0 Å². The van der Waals surface area contributed by atoms with Gasteiger partial charge in [0, 0.05) is 12.2 Å². The Hall–Kier alpha value is -0.523. The number of amides is 2. The van der Waals surface area contributed by atoms with Crippen molar-refractivity contribution in [1.29, 1.82) is 0 Å². The SMILES string of the molecule is O=C1C=CC(=O)N1.[LiH]. The number of carbonyl (C=O) groups is 2. The van der Waals surface area contributed by atoms with E-state index in [9.17, 15) is 9.59 Å². The molecule has 38 valence electrons. The Balaban J connectivity index is 0.000000490. The van der Waals surface area contributed by atoms with Crippen LogP contribution in [-0.4, -0.2) is 30.7 Å². The van der Waals surface area contributed by atoms with Gasteiger partial charge in [0.2, 0.25) is 0 Å². The van der Waals surface area contributed by atoms with Gasteiger partial charge in [0.25, 0.3) is 11.8 Å². The van der Waals surface area contributed by atoms with Crippen LogP contribution in [0.1, 0.15) is 0 Å². The predicted molar refractivity (Wildman–Crippen MR) is 29.4 cm³/mol. The van der Waals surface area contributed by atoms with E-state index in [1.54, 1.807) is 0 Å². The molecule has 0 fully saturated rings. The predicted octanol–water partition coefficient (Wildman–Crippen LogP) is -1.45. The van der Waals surface area contributed by atoms with E-state index in [0.717, 1.165) is 0 Å². The van der Waals surface area contributed by atoms with Gasteiger partial charge in [0.1, 0.15) is 0 Å². The quantitative estimate of drug-likeness (QED) is 0.302. The van der Waals surface area contributed by atoms with Gasteiger partial charge in [-0.05, 0) is 0 Å². The molecule has 1 aliphatic heterocycles. The maximum absolute atomic E-state index is 10.0. The summed E-state index contributed by atoms with van der Waals surface area (Å²) in [6, 6.07) is 0. The van der Waals surface area contributed by atoms with Crippen LogP contribution in [0.25, 0.3) is 0 Å². The molecule has 0 atom stereocenters. The Morgan fingerprint density at radius 1 is 1.12 bits per heavy atom.